The van der Waals surface area contributed by atoms with Gasteiger partial charge in [-0.2, -0.15) is 0 Å². The van der Waals surface area contributed by atoms with Gasteiger partial charge in [-0.15, -0.1) is 0 Å². The van der Waals surface area contributed by atoms with Gasteiger partial charge in [0.25, 0.3) is 0 Å². The lowest BCUT2D eigenvalue weighted by atomic mass is 10.1. The maximum absolute atomic E-state index is 13.3. The summed E-state index contributed by atoms with van der Waals surface area (Å²) in [6.45, 7) is 0. The van der Waals surface area contributed by atoms with Gasteiger partial charge in [0.15, 0.2) is 0 Å². The fraction of sp³-hybridized carbons (Fsp3) is 0.333. The van der Waals surface area contributed by atoms with E-state index in [-0.39, 0.29) is 11.9 Å². The molecule has 5 nitrogen and oxygen atoms in total. The Labute approximate surface area is 153 Å². The second-order valence-electron chi connectivity index (χ2n) is 6.76. The van der Waals surface area contributed by atoms with Crippen LogP contribution < -0.4 is 9.64 Å². The molecule has 1 saturated carbocycles. The van der Waals surface area contributed by atoms with Crippen molar-refractivity contribution in [2.75, 3.05) is 12.0 Å². The first kappa shape index (κ1) is 16.6. The molecule has 26 heavy (non-hydrogen) atoms. The van der Waals surface area contributed by atoms with Crippen LogP contribution in [-0.2, 0) is 11.2 Å². The largest absolute Gasteiger partial charge is 0.496 e. The number of rotatable bonds is 5. The summed E-state index contributed by atoms with van der Waals surface area (Å²) >= 11 is 0. The van der Waals surface area contributed by atoms with E-state index in [1.54, 1.807) is 13.3 Å². The molecule has 1 aromatic carbocycles. The maximum atomic E-state index is 13.3. The number of fused-ring (bicyclic) bond motifs is 1. The molecule has 1 aliphatic rings. The average Bonchev–Trinajstić information content (AvgIpc) is 3.33. The Hall–Kier alpha value is -2.82. The number of ether oxygens (including phenoxy) is 1. The normalized spacial score (nSPS) is 14.7. The lowest BCUT2D eigenvalue weighted by Crippen LogP contribution is -2.40. The molecule has 0 saturated heterocycles. The molecule has 134 valence electrons. The van der Waals surface area contributed by atoms with Gasteiger partial charge >= 0.3 is 0 Å². The topological polar surface area (TPSA) is 58.2 Å². The predicted molar refractivity (Wildman–Crippen MR) is 103 cm³/mol. The van der Waals surface area contributed by atoms with E-state index in [1.807, 2.05) is 47.5 Å². The van der Waals surface area contributed by atoms with Gasteiger partial charge in [-0.3, -0.25) is 9.69 Å². The summed E-state index contributed by atoms with van der Waals surface area (Å²) in [4.78, 5) is 22.9. The number of hydrogen-bond acceptors (Lipinski definition) is 3. The van der Waals surface area contributed by atoms with Gasteiger partial charge in [-0.1, -0.05) is 25.0 Å². The second-order valence-corrected chi connectivity index (χ2v) is 6.76. The molecule has 0 atom stereocenters. The Morgan fingerprint density at radius 1 is 1.23 bits per heavy atom. The van der Waals surface area contributed by atoms with Crippen molar-refractivity contribution in [1.29, 1.82) is 0 Å². The fourth-order valence-electron chi connectivity index (χ4n) is 3.95. The summed E-state index contributed by atoms with van der Waals surface area (Å²) in [7, 11) is 1.66. The maximum Gasteiger partial charge on any atom is 0.232 e. The molecule has 0 unspecified atom stereocenters. The zero-order valence-corrected chi connectivity index (χ0v) is 14.9. The molecule has 0 radical (unpaired) electrons. The first-order chi connectivity index (χ1) is 12.8. The molecule has 0 spiro atoms. The summed E-state index contributed by atoms with van der Waals surface area (Å²) in [5.74, 6) is 1.62. The van der Waals surface area contributed by atoms with Crippen LogP contribution in [0, 0.1) is 0 Å². The molecule has 5 heteroatoms. The van der Waals surface area contributed by atoms with E-state index in [0.29, 0.717) is 6.42 Å². The highest BCUT2D eigenvalue weighted by atomic mass is 16.5. The lowest BCUT2D eigenvalue weighted by molar-refractivity contribution is -0.118. The first-order valence-electron chi connectivity index (χ1n) is 9.14. The van der Waals surface area contributed by atoms with E-state index in [9.17, 15) is 4.79 Å². The number of pyridine rings is 1. The molecule has 4 rings (SSSR count). The smallest absolute Gasteiger partial charge is 0.232 e. The Morgan fingerprint density at radius 2 is 2.08 bits per heavy atom. The summed E-state index contributed by atoms with van der Waals surface area (Å²) in [5, 5.41) is 0.982. The molecule has 1 N–H and O–H groups in total. The van der Waals surface area contributed by atoms with Crippen LogP contribution in [0.25, 0.3) is 10.9 Å². The molecule has 1 fully saturated rings. The SMILES string of the molecule is COc1cccc2[nH]cc(CC(=O)N(c3ccccn3)C3CCCC3)c12. The molecular weight excluding hydrogens is 326 g/mol. The number of nitrogens with zero attached hydrogens (tertiary/aromatic N) is 2. The molecule has 0 aliphatic heterocycles. The third kappa shape index (κ3) is 3.05. The average molecular weight is 349 g/mol. The molecule has 1 aliphatic carbocycles. The van der Waals surface area contributed by atoms with Crippen LogP contribution in [0.5, 0.6) is 5.75 Å². The van der Waals surface area contributed by atoms with Crippen molar-refractivity contribution < 1.29 is 9.53 Å². The fourth-order valence-corrected chi connectivity index (χ4v) is 3.95. The van der Waals surface area contributed by atoms with Gasteiger partial charge in [0.05, 0.1) is 13.5 Å². The van der Waals surface area contributed by atoms with Crippen molar-refractivity contribution in [1.82, 2.24) is 9.97 Å². The van der Waals surface area contributed by atoms with Crippen LogP contribution in [0.4, 0.5) is 5.82 Å². The van der Waals surface area contributed by atoms with Crippen LogP contribution in [0.3, 0.4) is 0 Å². The van der Waals surface area contributed by atoms with Crippen molar-refractivity contribution in [3.8, 4) is 5.75 Å². The number of H-pyrrole nitrogens is 1. The molecule has 0 bridgehead atoms. The Balaban J connectivity index is 1.67. The monoisotopic (exact) mass is 349 g/mol. The summed E-state index contributed by atoms with van der Waals surface area (Å²) in [6, 6.07) is 11.9. The van der Waals surface area contributed by atoms with Crippen molar-refractivity contribution in [2.45, 2.75) is 38.1 Å². The quantitative estimate of drug-likeness (QED) is 0.755. The van der Waals surface area contributed by atoms with E-state index >= 15 is 0 Å². The molecule has 2 heterocycles. The van der Waals surface area contributed by atoms with Crippen molar-refractivity contribution in [3.05, 3.63) is 54.4 Å². The zero-order valence-electron chi connectivity index (χ0n) is 14.9. The third-order valence-electron chi connectivity index (χ3n) is 5.17. The summed E-state index contributed by atoms with van der Waals surface area (Å²) < 4.78 is 5.50. The van der Waals surface area contributed by atoms with Gasteiger partial charge in [-0.25, -0.2) is 4.98 Å². The molecular formula is C21H23N3O2. The highest BCUT2D eigenvalue weighted by Gasteiger charge is 2.29. The number of aromatic nitrogens is 2. The van der Waals surface area contributed by atoms with E-state index in [4.69, 9.17) is 4.74 Å². The Kier molecular flexibility index (Phi) is 4.61. The highest BCUT2D eigenvalue weighted by Crippen LogP contribution is 2.31. The number of carbonyl (C=O) groups excluding carboxylic acids is 1. The van der Waals surface area contributed by atoms with Crippen LogP contribution in [0.2, 0.25) is 0 Å². The lowest BCUT2D eigenvalue weighted by Gasteiger charge is -2.28. The summed E-state index contributed by atoms with van der Waals surface area (Å²) in [6.07, 6.45) is 8.41. The minimum Gasteiger partial charge on any atom is -0.496 e. The number of hydrogen-bond donors (Lipinski definition) is 1. The van der Waals surface area contributed by atoms with Crippen LogP contribution in [0.1, 0.15) is 31.2 Å². The Morgan fingerprint density at radius 3 is 2.81 bits per heavy atom. The number of anilines is 1. The van der Waals surface area contributed by atoms with Crippen molar-refractivity contribution >= 4 is 22.6 Å². The van der Waals surface area contributed by atoms with Crippen molar-refractivity contribution in [3.63, 3.8) is 0 Å². The minimum absolute atomic E-state index is 0.0856. The van der Waals surface area contributed by atoms with E-state index in [2.05, 4.69) is 9.97 Å². The van der Waals surface area contributed by atoms with Gasteiger partial charge in [0.1, 0.15) is 11.6 Å². The number of carbonyl (C=O) groups is 1. The van der Waals surface area contributed by atoms with Crippen LogP contribution in [0.15, 0.2) is 48.8 Å². The number of nitrogens with one attached hydrogen (secondary N) is 1. The Bertz CT molecular complexity index is 898. The molecule has 2 aromatic heterocycles. The van der Waals surface area contributed by atoms with Crippen LogP contribution in [-0.4, -0.2) is 29.0 Å². The standard InChI is InChI=1S/C21H23N3O2/c1-26-18-10-6-9-17-21(18)15(14-23-17)13-20(25)24(16-7-2-3-8-16)19-11-4-5-12-22-19/h4-6,9-12,14,16,23H,2-3,7-8,13H2,1H3. The molecule has 1 amide bonds. The number of methoxy groups -OCH3 is 1. The predicted octanol–water partition coefficient (Wildman–Crippen LogP) is 4.09. The number of amides is 1. The van der Waals surface area contributed by atoms with E-state index in [0.717, 1.165) is 40.9 Å². The molecule has 3 aromatic rings. The summed E-state index contributed by atoms with van der Waals surface area (Å²) in [5.41, 5.74) is 1.94. The van der Waals surface area contributed by atoms with Gasteiger partial charge in [-0.05, 0) is 42.7 Å². The second kappa shape index (κ2) is 7.20. The van der Waals surface area contributed by atoms with Gasteiger partial charge < -0.3 is 9.72 Å². The highest BCUT2D eigenvalue weighted by molar-refractivity contribution is 5.99. The van der Waals surface area contributed by atoms with E-state index in [1.165, 1.54) is 12.8 Å². The number of benzene rings is 1. The first-order valence-corrected chi connectivity index (χ1v) is 9.14. The third-order valence-corrected chi connectivity index (χ3v) is 5.17. The number of aromatic amines is 1. The van der Waals surface area contributed by atoms with E-state index < -0.39 is 0 Å². The van der Waals surface area contributed by atoms with Crippen LogP contribution >= 0.6 is 0 Å². The van der Waals surface area contributed by atoms with Gasteiger partial charge in [0.2, 0.25) is 5.91 Å². The van der Waals surface area contributed by atoms with Gasteiger partial charge in [0, 0.05) is 29.3 Å². The zero-order chi connectivity index (χ0) is 17.9. The van der Waals surface area contributed by atoms with Crippen molar-refractivity contribution in [2.24, 2.45) is 0 Å². The minimum atomic E-state index is 0.0856.